The number of benzene rings is 1. The van der Waals surface area contributed by atoms with Crippen LogP contribution < -0.4 is 5.30 Å². The second-order valence-electron chi connectivity index (χ2n) is 11.1. The molecule has 0 unspecified atom stereocenters. The van der Waals surface area contributed by atoms with Gasteiger partial charge in [0.15, 0.2) is 0 Å². The number of hydrogen-bond donors (Lipinski definition) is 0. The predicted molar refractivity (Wildman–Crippen MR) is 125 cm³/mol. The van der Waals surface area contributed by atoms with E-state index >= 15 is 0 Å². The normalized spacial score (nSPS) is 19.8. The van der Waals surface area contributed by atoms with Crippen molar-refractivity contribution < 1.29 is 20.4 Å². The molecule has 0 radical (unpaired) electrons. The minimum Gasteiger partial charge on any atom is -0.304 e. The number of rotatable bonds is 4. The Bertz CT molecular complexity index is 595. The first-order chi connectivity index (χ1) is 12.6. The smallest absolute Gasteiger partial charge is 0.0670 e. The Kier molecular flexibility index (Phi) is 8.34. The van der Waals surface area contributed by atoms with E-state index in [2.05, 4.69) is 65.4 Å². The molecule has 0 nitrogen and oxygen atoms in total. The Balaban J connectivity index is 0.00000280. The van der Waals surface area contributed by atoms with Crippen LogP contribution in [0.25, 0.3) is 0 Å². The average Bonchev–Trinajstić information content (AvgIpc) is 3.29. The van der Waals surface area contributed by atoms with Crippen molar-refractivity contribution in [2.75, 3.05) is 0 Å². The van der Waals surface area contributed by atoms with Crippen molar-refractivity contribution in [3.05, 3.63) is 34.9 Å². The minimum absolute atomic E-state index is 0. The zero-order chi connectivity index (χ0) is 19.9. The standard InChI is InChI=1S/C25H40ClP.Pd/c1-24(2,3)19-15-20(25(4,5)6)17-23(16-19)27(18-26,21-11-7-8-12-21)22-13-9-10-14-22;/h15-18,21-22H,7-14H2,1-6H3;. The third-order valence-corrected chi connectivity index (χ3v) is 13.0. The van der Waals surface area contributed by atoms with Crippen LogP contribution in [0.1, 0.15) is 104 Å². The average molecular weight is 513 g/mol. The molecule has 0 atom stereocenters. The zero-order valence-electron chi connectivity index (χ0n) is 18.8. The molecule has 1 aromatic rings. The topological polar surface area (TPSA) is 0 Å². The second-order valence-corrected chi connectivity index (χ2v) is 15.5. The summed E-state index contributed by atoms with van der Waals surface area (Å²) >= 11 is 6.88. The molecule has 0 N–H and O–H groups in total. The summed E-state index contributed by atoms with van der Waals surface area (Å²) in [6.07, 6.45) is 11.1. The van der Waals surface area contributed by atoms with Crippen molar-refractivity contribution >= 4 is 24.2 Å². The quantitative estimate of drug-likeness (QED) is 0.217. The zero-order valence-corrected chi connectivity index (χ0v) is 22.0. The van der Waals surface area contributed by atoms with E-state index in [0.29, 0.717) is 0 Å². The van der Waals surface area contributed by atoms with Gasteiger partial charge in [-0.2, -0.15) is 0 Å². The molecule has 0 bridgehead atoms. The molecular weight excluding hydrogens is 473 g/mol. The third-order valence-electron chi connectivity index (χ3n) is 7.12. The SMILES string of the molecule is CC(C)(C)c1cc(C(C)(C)C)cc([P+]([CH-]Cl)(C2CCCC2)C2CCCC2)c1.[Pd]. The maximum Gasteiger partial charge on any atom is 0.0670 e. The summed E-state index contributed by atoms with van der Waals surface area (Å²) in [4.78, 5) is 0. The van der Waals surface area contributed by atoms with Crippen molar-refractivity contribution in [1.82, 2.24) is 0 Å². The van der Waals surface area contributed by atoms with Crippen LogP contribution in [0.3, 0.4) is 0 Å². The molecule has 28 heavy (non-hydrogen) atoms. The Labute approximate surface area is 194 Å². The molecule has 2 saturated carbocycles. The molecule has 2 fully saturated rings. The van der Waals surface area contributed by atoms with Crippen LogP contribution in [0.15, 0.2) is 18.2 Å². The summed E-state index contributed by atoms with van der Waals surface area (Å²) < 4.78 is 0. The number of hydrogen-bond acceptors (Lipinski definition) is 0. The van der Waals surface area contributed by atoms with Crippen LogP contribution in [-0.4, -0.2) is 11.3 Å². The summed E-state index contributed by atoms with van der Waals surface area (Å²) in [6, 6.07) is 7.60. The van der Waals surface area contributed by atoms with Crippen molar-refractivity contribution in [2.45, 2.75) is 115 Å². The molecular formula is C25H40ClPPd. The van der Waals surface area contributed by atoms with Gasteiger partial charge < -0.3 is 11.6 Å². The molecule has 0 amide bonds. The molecule has 0 aliphatic heterocycles. The van der Waals surface area contributed by atoms with Gasteiger partial charge in [-0.15, -0.1) is 0 Å². The van der Waals surface area contributed by atoms with Gasteiger partial charge in [0, 0.05) is 31.7 Å². The summed E-state index contributed by atoms with van der Waals surface area (Å²) in [5.41, 5.74) is 7.19. The van der Waals surface area contributed by atoms with E-state index in [-0.39, 0.29) is 31.3 Å². The number of halogens is 1. The van der Waals surface area contributed by atoms with Crippen molar-refractivity contribution in [2.24, 2.45) is 0 Å². The van der Waals surface area contributed by atoms with E-state index in [4.69, 9.17) is 11.6 Å². The monoisotopic (exact) mass is 512 g/mol. The molecule has 0 heterocycles. The minimum atomic E-state index is -1.48. The van der Waals surface area contributed by atoms with Gasteiger partial charge in [0.05, 0.1) is 5.30 Å². The van der Waals surface area contributed by atoms with Crippen LogP contribution in [-0.2, 0) is 31.3 Å². The third kappa shape index (κ3) is 4.91. The van der Waals surface area contributed by atoms with Gasteiger partial charge in [-0.05, 0) is 85.5 Å². The van der Waals surface area contributed by atoms with E-state index in [9.17, 15) is 0 Å². The predicted octanol–water partition coefficient (Wildman–Crippen LogP) is 8.17. The largest absolute Gasteiger partial charge is 0.304 e. The van der Waals surface area contributed by atoms with Crippen LogP contribution >= 0.6 is 18.9 Å². The Hall–Kier alpha value is 0.602. The van der Waals surface area contributed by atoms with Gasteiger partial charge in [0.2, 0.25) is 0 Å². The fourth-order valence-corrected chi connectivity index (χ4v) is 11.6. The summed E-state index contributed by atoms with van der Waals surface area (Å²) in [7, 11) is -1.48. The van der Waals surface area contributed by atoms with Gasteiger partial charge in [0.25, 0.3) is 0 Å². The van der Waals surface area contributed by atoms with Crippen molar-refractivity contribution in [3.63, 3.8) is 0 Å². The summed E-state index contributed by atoms with van der Waals surface area (Å²) in [5, 5.41) is 1.62. The first-order valence-electron chi connectivity index (χ1n) is 11.1. The van der Waals surface area contributed by atoms with Crippen molar-refractivity contribution in [3.8, 4) is 0 Å². The van der Waals surface area contributed by atoms with E-state index in [1.165, 1.54) is 62.5 Å². The molecule has 1 aromatic carbocycles. The Morgan fingerprint density at radius 3 is 1.39 bits per heavy atom. The van der Waals surface area contributed by atoms with Crippen LogP contribution in [0, 0.1) is 5.62 Å². The van der Waals surface area contributed by atoms with E-state index < -0.39 is 7.26 Å². The maximum absolute atomic E-state index is 6.88. The molecule has 2 aliphatic carbocycles. The van der Waals surface area contributed by atoms with Crippen LogP contribution in [0.2, 0.25) is 0 Å². The van der Waals surface area contributed by atoms with Gasteiger partial charge in [0.1, 0.15) is 0 Å². The molecule has 2 aliphatic rings. The Morgan fingerprint density at radius 2 is 1.11 bits per heavy atom. The van der Waals surface area contributed by atoms with E-state index in [1.54, 1.807) is 5.30 Å². The van der Waals surface area contributed by atoms with E-state index in [1.807, 2.05) is 0 Å². The van der Waals surface area contributed by atoms with Crippen LogP contribution in [0.5, 0.6) is 0 Å². The fraction of sp³-hybridized carbons (Fsp3) is 0.720. The molecule has 162 valence electrons. The van der Waals surface area contributed by atoms with Gasteiger partial charge in [-0.25, -0.2) is 0 Å². The fourth-order valence-electron chi connectivity index (χ4n) is 5.30. The first-order valence-corrected chi connectivity index (χ1v) is 13.5. The van der Waals surface area contributed by atoms with Gasteiger partial charge in [-0.3, -0.25) is 0 Å². The van der Waals surface area contributed by atoms with E-state index in [0.717, 1.165) is 11.3 Å². The van der Waals surface area contributed by atoms with Crippen LogP contribution in [0.4, 0.5) is 0 Å². The Morgan fingerprint density at radius 1 is 0.750 bits per heavy atom. The molecule has 0 spiro atoms. The summed E-state index contributed by atoms with van der Waals surface area (Å²) in [6.45, 7) is 14.1. The molecule has 3 heteroatoms. The molecule has 0 saturated heterocycles. The molecule has 3 rings (SSSR count). The van der Waals surface area contributed by atoms with Gasteiger partial charge >= 0.3 is 0 Å². The summed E-state index contributed by atoms with van der Waals surface area (Å²) in [5.74, 6) is 0. The molecule has 0 aromatic heterocycles. The maximum atomic E-state index is 6.88. The van der Waals surface area contributed by atoms with Gasteiger partial charge in [-0.1, -0.05) is 60.5 Å². The first kappa shape index (κ1) is 24.9. The van der Waals surface area contributed by atoms with Crippen molar-refractivity contribution in [1.29, 1.82) is 0 Å². The second kappa shape index (κ2) is 9.39.